The number of nitrogens with zero attached hydrogens (tertiary/aromatic N) is 2. The minimum absolute atomic E-state index is 0.524. The van der Waals surface area contributed by atoms with E-state index in [1.165, 1.54) is 0 Å². The summed E-state index contributed by atoms with van der Waals surface area (Å²) >= 11 is 2.20. The second kappa shape index (κ2) is 4.88. The Labute approximate surface area is 97.1 Å². The molecule has 0 aromatic carbocycles. The van der Waals surface area contributed by atoms with Crippen LogP contribution in [0.15, 0.2) is 12.4 Å². The second-order valence-electron chi connectivity index (χ2n) is 3.39. The third-order valence-electron chi connectivity index (χ3n) is 2.29. The summed E-state index contributed by atoms with van der Waals surface area (Å²) in [6.07, 6.45) is 5.96. The first kappa shape index (κ1) is 10.1. The van der Waals surface area contributed by atoms with Gasteiger partial charge in [-0.05, 0) is 48.5 Å². The van der Waals surface area contributed by atoms with Crippen molar-refractivity contribution < 1.29 is 0 Å². The van der Waals surface area contributed by atoms with Gasteiger partial charge in [0.1, 0.15) is 0 Å². The van der Waals surface area contributed by atoms with Crippen molar-refractivity contribution in [2.75, 3.05) is 18.4 Å². The fourth-order valence-corrected chi connectivity index (χ4v) is 1.81. The van der Waals surface area contributed by atoms with Crippen LogP contribution in [0, 0.1) is 3.57 Å². The first-order valence-corrected chi connectivity index (χ1v) is 5.87. The van der Waals surface area contributed by atoms with E-state index in [4.69, 9.17) is 0 Å². The highest BCUT2D eigenvalue weighted by Gasteiger charge is 2.12. The van der Waals surface area contributed by atoms with Gasteiger partial charge < -0.3 is 10.6 Å². The molecule has 0 aliphatic carbocycles. The van der Waals surface area contributed by atoms with Gasteiger partial charge in [-0.15, -0.1) is 0 Å². The van der Waals surface area contributed by atoms with Crippen molar-refractivity contribution in [3.8, 4) is 0 Å². The van der Waals surface area contributed by atoms with Gasteiger partial charge in [-0.25, -0.2) is 9.97 Å². The number of anilines is 1. The molecule has 1 aromatic heterocycles. The van der Waals surface area contributed by atoms with E-state index in [1.807, 2.05) is 12.4 Å². The second-order valence-corrected chi connectivity index (χ2v) is 4.64. The lowest BCUT2D eigenvalue weighted by Crippen LogP contribution is -2.35. The van der Waals surface area contributed by atoms with Crippen molar-refractivity contribution in [2.45, 2.75) is 18.9 Å². The Kier molecular flexibility index (Phi) is 3.52. The monoisotopic (exact) mass is 304 g/mol. The smallest absolute Gasteiger partial charge is 0.222 e. The summed E-state index contributed by atoms with van der Waals surface area (Å²) in [5.74, 6) is 0.748. The van der Waals surface area contributed by atoms with E-state index < -0.39 is 0 Å². The zero-order valence-corrected chi connectivity index (χ0v) is 9.99. The third-order valence-corrected chi connectivity index (χ3v) is 2.85. The highest BCUT2D eigenvalue weighted by molar-refractivity contribution is 14.1. The van der Waals surface area contributed by atoms with Crippen molar-refractivity contribution in [1.29, 1.82) is 0 Å². The van der Waals surface area contributed by atoms with Crippen molar-refractivity contribution in [3.63, 3.8) is 0 Å². The number of nitrogens with one attached hydrogen (secondary N) is 2. The van der Waals surface area contributed by atoms with Gasteiger partial charge in [0.25, 0.3) is 0 Å². The van der Waals surface area contributed by atoms with E-state index in [9.17, 15) is 0 Å². The summed E-state index contributed by atoms with van der Waals surface area (Å²) in [5.41, 5.74) is 0. The molecule has 76 valence electrons. The van der Waals surface area contributed by atoms with Gasteiger partial charge in [0.15, 0.2) is 0 Å². The Morgan fingerprint density at radius 3 is 2.57 bits per heavy atom. The number of hydrogen-bond donors (Lipinski definition) is 2. The predicted molar refractivity (Wildman–Crippen MR) is 64.3 cm³/mol. The van der Waals surface area contributed by atoms with Gasteiger partial charge in [0.05, 0.1) is 0 Å². The van der Waals surface area contributed by atoms with E-state index in [1.54, 1.807) is 0 Å². The average Bonchev–Trinajstić information content (AvgIpc) is 2.23. The summed E-state index contributed by atoms with van der Waals surface area (Å²) in [5, 5.41) is 6.67. The van der Waals surface area contributed by atoms with Crippen LogP contribution in [0.2, 0.25) is 0 Å². The molecule has 1 fully saturated rings. The Bertz CT molecular complexity index is 281. The molecule has 5 heteroatoms. The Morgan fingerprint density at radius 1 is 1.29 bits per heavy atom. The van der Waals surface area contributed by atoms with Crippen molar-refractivity contribution in [2.24, 2.45) is 0 Å². The van der Waals surface area contributed by atoms with Gasteiger partial charge in [-0.3, -0.25) is 0 Å². The molecule has 0 bridgehead atoms. The summed E-state index contributed by atoms with van der Waals surface area (Å²) in [6.45, 7) is 2.17. The molecule has 2 rings (SSSR count). The standard InChI is InChI=1S/C9H13IN4/c10-7-5-12-9(13-6-7)14-8-1-3-11-4-2-8/h5-6,8,11H,1-4H2,(H,12,13,14). The third kappa shape index (κ3) is 2.78. The molecule has 2 heterocycles. The maximum Gasteiger partial charge on any atom is 0.222 e. The van der Waals surface area contributed by atoms with Gasteiger partial charge in [0.2, 0.25) is 5.95 Å². The Hall–Kier alpha value is -0.430. The van der Waals surface area contributed by atoms with E-state index in [-0.39, 0.29) is 0 Å². The Balaban J connectivity index is 1.92. The maximum atomic E-state index is 4.22. The van der Waals surface area contributed by atoms with Gasteiger partial charge in [-0.1, -0.05) is 0 Å². The van der Waals surface area contributed by atoms with Crippen LogP contribution < -0.4 is 10.6 Å². The summed E-state index contributed by atoms with van der Waals surface area (Å²) in [7, 11) is 0. The number of hydrogen-bond acceptors (Lipinski definition) is 4. The zero-order valence-electron chi connectivity index (χ0n) is 7.83. The van der Waals surface area contributed by atoms with Crippen LogP contribution in [0.5, 0.6) is 0 Å². The fourth-order valence-electron chi connectivity index (χ4n) is 1.54. The van der Waals surface area contributed by atoms with E-state index in [2.05, 4.69) is 43.2 Å². The molecule has 0 spiro atoms. The lowest BCUT2D eigenvalue weighted by atomic mass is 10.1. The molecule has 0 radical (unpaired) electrons. The van der Waals surface area contributed by atoms with Crippen molar-refractivity contribution in [1.82, 2.24) is 15.3 Å². The first-order valence-electron chi connectivity index (χ1n) is 4.79. The van der Waals surface area contributed by atoms with Crippen LogP contribution in [0.25, 0.3) is 0 Å². The molecule has 0 atom stereocenters. The molecule has 2 N–H and O–H groups in total. The van der Waals surface area contributed by atoms with Crippen LogP contribution in [-0.4, -0.2) is 29.1 Å². The molecule has 4 nitrogen and oxygen atoms in total. The van der Waals surface area contributed by atoms with Crippen molar-refractivity contribution in [3.05, 3.63) is 16.0 Å². The normalized spacial score (nSPS) is 18.1. The zero-order chi connectivity index (χ0) is 9.80. The maximum absolute atomic E-state index is 4.22. The number of piperidine rings is 1. The van der Waals surface area contributed by atoms with Crippen molar-refractivity contribution >= 4 is 28.5 Å². The minimum atomic E-state index is 0.524. The SMILES string of the molecule is Ic1cnc(NC2CCNCC2)nc1. The molecule has 0 saturated carbocycles. The molecular weight excluding hydrogens is 291 g/mol. The molecular formula is C9H13IN4. The number of rotatable bonds is 2. The van der Waals surface area contributed by atoms with Crippen LogP contribution in [0.4, 0.5) is 5.95 Å². The average molecular weight is 304 g/mol. The lowest BCUT2D eigenvalue weighted by Gasteiger charge is -2.23. The first-order chi connectivity index (χ1) is 6.84. The highest BCUT2D eigenvalue weighted by Crippen LogP contribution is 2.09. The fraction of sp³-hybridized carbons (Fsp3) is 0.556. The van der Waals surface area contributed by atoms with E-state index >= 15 is 0 Å². The molecule has 0 unspecified atom stereocenters. The summed E-state index contributed by atoms with van der Waals surface area (Å²) < 4.78 is 1.07. The number of aromatic nitrogens is 2. The van der Waals surface area contributed by atoms with Gasteiger partial charge in [0, 0.05) is 22.0 Å². The topological polar surface area (TPSA) is 49.8 Å². The van der Waals surface area contributed by atoms with Crippen LogP contribution in [0.3, 0.4) is 0 Å². The molecule has 0 amide bonds. The van der Waals surface area contributed by atoms with Crippen LogP contribution >= 0.6 is 22.6 Å². The molecule has 1 saturated heterocycles. The molecule has 1 aliphatic rings. The van der Waals surface area contributed by atoms with Crippen LogP contribution in [0.1, 0.15) is 12.8 Å². The molecule has 14 heavy (non-hydrogen) atoms. The van der Waals surface area contributed by atoms with E-state index in [0.717, 1.165) is 35.4 Å². The van der Waals surface area contributed by atoms with Gasteiger partial charge >= 0.3 is 0 Å². The van der Waals surface area contributed by atoms with E-state index in [0.29, 0.717) is 6.04 Å². The minimum Gasteiger partial charge on any atom is -0.351 e. The quantitative estimate of drug-likeness (QED) is 0.807. The summed E-state index contributed by atoms with van der Waals surface area (Å²) in [4.78, 5) is 8.44. The lowest BCUT2D eigenvalue weighted by molar-refractivity contribution is 0.477. The largest absolute Gasteiger partial charge is 0.351 e. The highest BCUT2D eigenvalue weighted by atomic mass is 127. The summed E-state index contributed by atoms with van der Waals surface area (Å²) in [6, 6.07) is 0.524. The Morgan fingerprint density at radius 2 is 1.93 bits per heavy atom. The molecule has 1 aromatic rings. The predicted octanol–water partition coefficient (Wildman–Crippen LogP) is 1.25. The van der Waals surface area contributed by atoms with Gasteiger partial charge in [-0.2, -0.15) is 0 Å². The molecule has 1 aliphatic heterocycles. The number of halogens is 1. The van der Waals surface area contributed by atoms with Crippen LogP contribution in [-0.2, 0) is 0 Å².